The standard InChI is InChI=1S/C21H25N3O3/c1-3-24(4-2)18(19-11-8-12-26-19)14-22-20(25)13-17-15-27-21(23-17)16-9-6-5-7-10-16/h5-12,15,18H,3-4,13-14H2,1-2H3,(H,22,25). The zero-order valence-corrected chi connectivity index (χ0v) is 15.7. The summed E-state index contributed by atoms with van der Waals surface area (Å²) < 4.78 is 11.1. The lowest BCUT2D eigenvalue weighted by atomic mass is 10.1. The Morgan fingerprint density at radius 2 is 1.89 bits per heavy atom. The third kappa shape index (κ3) is 4.86. The van der Waals surface area contributed by atoms with E-state index in [1.54, 1.807) is 6.26 Å². The van der Waals surface area contributed by atoms with E-state index >= 15 is 0 Å². The van der Waals surface area contributed by atoms with Crippen molar-refractivity contribution in [2.45, 2.75) is 26.3 Å². The Kier molecular flexibility index (Phi) is 6.44. The van der Waals surface area contributed by atoms with Crippen LogP contribution in [0.1, 0.15) is 31.3 Å². The summed E-state index contributed by atoms with van der Waals surface area (Å²) >= 11 is 0. The number of hydrogen-bond donors (Lipinski definition) is 1. The molecule has 2 aromatic heterocycles. The Balaban J connectivity index is 1.59. The van der Waals surface area contributed by atoms with Gasteiger partial charge in [0.2, 0.25) is 11.8 Å². The highest BCUT2D eigenvalue weighted by Gasteiger charge is 2.21. The van der Waals surface area contributed by atoms with Gasteiger partial charge in [-0.15, -0.1) is 0 Å². The summed E-state index contributed by atoms with van der Waals surface area (Å²) in [5.74, 6) is 1.29. The molecule has 6 nitrogen and oxygen atoms in total. The van der Waals surface area contributed by atoms with Crippen LogP contribution in [-0.4, -0.2) is 35.4 Å². The van der Waals surface area contributed by atoms with E-state index in [4.69, 9.17) is 8.83 Å². The number of nitrogens with zero attached hydrogens (tertiary/aromatic N) is 2. The van der Waals surface area contributed by atoms with Crippen molar-refractivity contribution in [3.63, 3.8) is 0 Å². The van der Waals surface area contributed by atoms with Gasteiger partial charge in [-0.3, -0.25) is 9.69 Å². The molecule has 3 aromatic rings. The first kappa shape index (κ1) is 18.9. The number of carbonyl (C=O) groups is 1. The summed E-state index contributed by atoms with van der Waals surface area (Å²) in [7, 11) is 0. The molecule has 0 aliphatic carbocycles. The molecule has 1 amide bonds. The van der Waals surface area contributed by atoms with E-state index in [1.165, 1.54) is 6.26 Å². The number of oxazole rings is 1. The first-order chi connectivity index (χ1) is 13.2. The highest BCUT2D eigenvalue weighted by molar-refractivity contribution is 5.78. The minimum Gasteiger partial charge on any atom is -0.468 e. The molecule has 3 rings (SSSR count). The summed E-state index contributed by atoms with van der Waals surface area (Å²) in [5, 5.41) is 3.00. The number of furan rings is 1. The number of hydrogen-bond acceptors (Lipinski definition) is 5. The Morgan fingerprint density at radius 1 is 1.11 bits per heavy atom. The topological polar surface area (TPSA) is 71.5 Å². The van der Waals surface area contributed by atoms with E-state index < -0.39 is 0 Å². The summed E-state index contributed by atoms with van der Waals surface area (Å²) in [6.45, 7) is 6.43. The molecule has 2 heterocycles. The van der Waals surface area contributed by atoms with Crippen LogP contribution in [0.25, 0.3) is 11.5 Å². The van der Waals surface area contributed by atoms with Gasteiger partial charge in [-0.05, 0) is 37.4 Å². The number of likely N-dealkylation sites (N-methyl/N-ethyl adjacent to an activating group) is 1. The maximum Gasteiger partial charge on any atom is 0.226 e. The molecule has 6 heteroatoms. The number of benzene rings is 1. The SMILES string of the molecule is CCN(CC)C(CNC(=O)Cc1coc(-c2ccccc2)n1)c1ccco1. The summed E-state index contributed by atoms with van der Waals surface area (Å²) in [6, 6.07) is 13.5. The van der Waals surface area contributed by atoms with Gasteiger partial charge >= 0.3 is 0 Å². The van der Waals surface area contributed by atoms with E-state index in [1.807, 2.05) is 42.5 Å². The maximum atomic E-state index is 12.4. The van der Waals surface area contributed by atoms with Gasteiger partial charge in [0.15, 0.2) is 0 Å². The minimum atomic E-state index is -0.0911. The van der Waals surface area contributed by atoms with Crippen molar-refractivity contribution in [2.75, 3.05) is 19.6 Å². The number of carbonyl (C=O) groups excluding carboxylic acids is 1. The van der Waals surface area contributed by atoms with Crippen LogP contribution in [0.3, 0.4) is 0 Å². The van der Waals surface area contributed by atoms with Crippen LogP contribution in [-0.2, 0) is 11.2 Å². The van der Waals surface area contributed by atoms with Gasteiger partial charge in [-0.25, -0.2) is 4.98 Å². The van der Waals surface area contributed by atoms with Gasteiger partial charge in [0.05, 0.1) is 24.4 Å². The van der Waals surface area contributed by atoms with Crippen LogP contribution in [0, 0.1) is 0 Å². The largest absolute Gasteiger partial charge is 0.468 e. The Hall–Kier alpha value is -2.86. The van der Waals surface area contributed by atoms with Crippen LogP contribution in [0.15, 0.2) is 63.8 Å². The second kappa shape index (κ2) is 9.19. The first-order valence-corrected chi connectivity index (χ1v) is 9.25. The Morgan fingerprint density at radius 3 is 2.56 bits per heavy atom. The summed E-state index contributed by atoms with van der Waals surface area (Å²) in [6.07, 6.45) is 3.38. The van der Waals surface area contributed by atoms with Crippen molar-refractivity contribution in [2.24, 2.45) is 0 Å². The van der Waals surface area contributed by atoms with Crippen molar-refractivity contribution in [3.05, 3.63) is 66.4 Å². The molecule has 1 atom stereocenters. The lowest BCUT2D eigenvalue weighted by Crippen LogP contribution is -2.38. The van der Waals surface area contributed by atoms with Gasteiger partial charge in [0, 0.05) is 12.1 Å². The molecule has 0 saturated heterocycles. The van der Waals surface area contributed by atoms with Crippen LogP contribution >= 0.6 is 0 Å². The lowest BCUT2D eigenvalue weighted by Gasteiger charge is -2.28. The number of aromatic nitrogens is 1. The summed E-state index contributed by atoms with van der Waals surface area (Å²) in [5.41, 5.74) is 1.51. The van der Waals surface area contributed by atoms with E-state index in [-0.39, 0.29) is 18.4 Å². The van der Waals surface area contributed by atoms with E-state index in [0.717, 1.165) is 24.4 Å². The fraction of sp³-hybridized carbons (Fsp3) is 0.333. The molecule has 0 aliphatic heterocycles. The number of nitrogens with one attached hydrogen (secondary N) is 1. The summed E-state index contributed by atoms with van der Waals surface area (Å²) in [4.78, 5) is 19.1. The van der Waals surface area contributed by atoms with Crippen molar-refractivity contribution in [1.29, 1.82) is 0 Å². The molecule has 0 radical (unpaired) electrons. The zero-order chi connectivity index (χ0) is 19.1. The molecular formula is C21H25N3O3. The second-order valence-electron chi connectivity index (χ2n) is 6.24. The van der Waals surface area contributed by atoms with Gasteiger partial charge in [0.1, 0.15) is 12.0 Å². The minimum absolute atomic E-state index is 0.0103. The predicted molar refractivity (Wildman–Crippen MR) is 103 cm³/mol. The molecule has 0 fully saturated rings. The zero-order valence-electron chi connectivity index (χ0n) is 15.7. The Labute approximate surface area is 159 Å². The fourth-order valence-corrected chi connectivity index (χ4v) is 3.09. The number of rotatable bonds is 9. The molecule has 1 N–H and O–H groups in total. The van der Waals surface area contributed by atoms with Gasteiger partial charge in [-0.1, -0.05) is 32.0 Å². The third-order valence-corrected chi connectivity index (χ3v) is 4.53. The van der Waals surface area contributed by atoms with Crippen molar-refractivity contribution in [1.82, 2.24) is 15.2 Å². The first-order valence-electron chi connectivity index (χ1n) is 9.25. The lowest BCUT2D eigenvalue weighted by molar-refractivity contribution is -0.120. The van der Waals surface area contributed by atoms with Crippen LogP contribution in [0.5, 0.6) is 0 Å². The van der Waals surface area contributed by atoms with E-state index in [0.29, 0.717) is 18.1 Å². The molecule has 0 saturated carbocycles. The molecular weight excluding hydrogens is 342 g/mol. The average Bonchev–Trinajstić information content (AvgIpc) is 3.38. The van der Waals surface area contributed by atoms with Crippen LogP contribution in [0.4, 0.5) is 0 Å². The Bertz CT molecular complexity index is 824. The monoisotopic (exact) mass is 367 g/mol. The van der Waals surface area contributed by atoms with Crippen LogP contribution in [0.2, 0.25) is 0 Å². The molecule has 1 aromatic carbocycles. The highest BCUT2D eigenvalue weighted by atomic mass is 16.3. The highest BCUT2D eigenvalue weighted by Crippen LogP contribution is 2.21. The molecule has 27 heavy (non-hydrogen) atoms. The van der Waals surface area contributed by atoms with Crippen molar-refractivity contribution >= 4 is 5.91 Å². The van der Waals surface area contributed by atoms with E-state index in [2.05, 4.69) is 29.0 Å². The fourth-order valence-electron chi connectivity index (χ4n) is 3.09. The quantitative estimate of drug-likeness (QED) is 0.625. The molecule has 0 spiro atoms. The normalized spacial score (nSPS) is 12.3. The molecule has 1 unspecified atom stereocenters. The molecule has 142 valence electrons. The van der Waals surface area contributed by atoms with Gasteiger partial charge in [0.25, 0.3) is 0 Å². The van der Waals surface area contributed by atoms with E-state index in [9.17, 15) is 4.79 Å². The molecule has 0 bridgehead atoms. The third-order valence-electron chi connectivity index (χ3n) is 4.53. The second-order valence-corrected chi connectivity index (χ2v) is 6.24. The van der Waals surface area contributed by atoms with Crippen molar-refractivity contribution < 1.29 is 13.6 Å². The van der Waals surface area contributed by atoms with Crippen molar-refractivity contribution in [3.8, 4) is 11.5 Å². The number of amides is 1. The average molecular weight is 367 g/mol. The smallest absolute Gasteiger partial charge is 0.226 e. The van der Waals surface area contributed by atoms with Crippen LogP contribution < -0.4 is 5.32 Å². The maximum absolute atomic E-state index is 12.4. The van der Waals surface area contributed by atoms with Gasteiger partial charge < -0.3 is 14.2 Å². The van der Waals surface area contributed by atoms with Gasteiger partial charge in [-0.2, -0.15) is 0 Å². The molecule has 0 aliphatic rings. The predicted octanol–water partition coefficient (Wildman–Crippen LogP) is 3.68.